The molecule has 0 fully saturated rings. The summed E-state index contributed by atoms with van der Waals surface area (Å²) in [4.78, 5) is 27.0. The number of amides is 1. The minimum Gasteiger partial charge on any atom is -0.455 e. The molecule has 126 valence electrons. The Morgan fingerprint density at radius 1 is 0.960 bits per heavy atom. The molecule has 1 aromatic heterocycles. The van der Waals surface area contributed by atoms with E-state index in [0.29, 0.717) is 22.9 Å². The lowest BCUT2D eigenvalue weighted by molar-refractivity contribution is 0.102. The van der Waals surface area contributed by atoms with Crippen molar-refractivity contribution >= 4 is 11.6 Å². The molecule has 0 saturated heterocycles. The zero-order chi connectivity index (χ0) is 17.8. The van der Waals surface area contributed by atoms with Crippen molar-refractivity contribution in [2.24, 2.45) is 0 Å². The Morgan fingerprint density at radius 2 is 1.68 bits per heavy atom. The van der Waals surface area contributed by atoms with Crippen LogP contribution in [-0.4, -0.2) is 10.9 Å². The number of aryl methyl sites for hydroxylation is 2. The first-order valence-electron chi connectivity index (χ1n) is 7.88. The van der Waals surface area contributed by atoms with E-state index in [0.717, 1.165) is 5.56 Å². The molecule has 3 aromatic rings. The SMILES string of the molecule is Cc1ccc(Oc2ccccc2NC(=O)c2ccc(C)[nH]c2=O)cc1. The molecule has 0 spiro atoms. The maximum atomic E-state index is 12.4. The van der Waals surface area contributed by atoms with Crippen molar-refractivity contribution in [3.05, 3.63) is 87.8 Å². The summed E-state index contributed by atoms with van der Waals surface area (Å²) in [5, 5.41) is 2.73. The van der Waals surface area contributed by atoms with E-state index < -0.39 is 11.5 Å². The second kappa shape index (κ2) is 7.05. The van der Waals surface area contributed by atoms with E-state index in [9.17, 15) is 9.59 Å². The van der Waals surface area contributed by atoms with Crippen LogP contribution >= 0.6 is 0 Å². The Bertz CT molecular complexity index is 959. The van der Waals surface area contributed by atoms with Crippen molar-refractivity contribution < 1.29 is 9.53 Å². The van der Waals surface area contributed by atoms with Gasteiger partial charge in [0.05, 0.1) is 5.69 Å². The van der Waals surface area contributed by atoms with Crippen molar-refractivity contribution in [2.45, 2.75) is 13.8 Å². The van der Waals surface area contributed by atoms with Crippen molar-refractivity contribution in [3.8, 4) is 11.5 Å². The van der Waals surface area contributed by atoms with Gasteiger partial charge in [-0.25, -0.2) is 0 Å². The molecule has 5 nitrogen and oxygen atoms in total. The van der Waals surface area contributed by atoms with Gasteiger partial charge in [-0.15, -0.1) is 0 Å². The number of carbonyl (C=O) groups is 1. The minimum atomic E-state index is -0.485. The lowest BCUT2D eigenvalue weighted by atomic mass is 10.2. The maximum absolute atomic E-state index is 12.4. The third-order valence-corrected chi connectivity index (χ3v) is 3.68. The van der Waals surface area contributed by atoms with Crippen LogP contribution in [0.2, 0.25) is 0 Å². The number of benzene rings is 2. The second-order valence-corrected chi connectivity index (χ2v) is 5.75. The first kappa shape index (κ1) is 16.5. The fraction of sp³-hybridized carbons (Fsp3) is 0.100. The van der Waals surface area contributed by atoms with Crippen LogP contribution in [0.15, 0.2) is 65.5 Å². The number of hydrogen-bond donors (Lipinski definition) is 2. The van der Waals surface area contributed by atoms with Gasteiger partial charge in [0.15, 0.2) is 5.75 Å². The molecule has 2 aromatic carbocycles. The highest BCUT2D eigenvalue weighted by Crippen LogP contribution is 2.29. The summed E-state index contributed by atoms with van der Waals surface area (Å²) < 4.78 is 5.85. The highest BCUT2D eigenvalue weighted by atomic mass is 16.5. The Morgan fingerprint density at radius 3 is 2.40 bits per heavy atom. The van der Waals surface area contributed by atoms with Crippen LogP contribution < -0.4 is 15.6 Å². The second-order valence-electron chi connectivity index (χ2n) is 5.75. The van der Waals surface area contributed by atoms with Gasteiger partial charge < -0.3 is 15.0 Å². The topological polar surface area (TPSA) is 71.2 Å². The highest BCUT2D eigenvalue weighted by Gasteiger charge is 2.13. The number of aromatic nitrogens is 1. The van der Waals surface area contributed by atoms with Gasteiger partial charge in [0.2, 0.25) is 0 Å². The largest absolute Gasteiger partial charge is 0.455 e. The van der Waals surface area contributed by atoms with E-state index >= 15 is 0 Å². The fourth-order valence-corrected chi connectivity index (χ4v) is 2.33. The average Bonchev–Trinajstić information content (AvgIpc) is 2.58. The molecule has 1 heterocycles. The van der Waals surface area contributed by atoms with Gasteiger partial charge in [-0.2, -0.15) is 0 Å². The molecule has 0 saturated carbocycles. The smallest absolute Gasteiger partial charge is 0.261 e. The van der Waals surface area contributed by atoms with Crippen molar-refractivity contribution in [2.75, 3.05) is 5.32 Å². The van der Waals surface area contributed by atoms with Gasteiger partial charge in [-0.1, -0.05) is 29.8 Å². The first-order valence-corrected chi connectivity index (χ1v) is 7.88. The molecule has 2 N–H and O–H groups in total. The van der Waals surface area contributed by atoms with E-state index in [-0.39, 0.29) is 5.56 Å². The van der Waals surface area contributed by atoms with Gasteiger partial charge in [0.25, 0.3) is 11.5 Å². The quantitative estimate of drug-likeness (QED) is 0.756. The average molecular weight is 334 g/mol. The molecule has 0 aliphatic rings. The lowest BCUT2D eigenvalue weighted by Gasteiger charge is -2.12. The molecule has 5 heteroatoms. The normalized spacial score (nSPS) is 10.3. The summed E-state index contributed by atoms with van der Waals surface area (Å²) >= 11 is 0. The summed E-state index contributed by atoms with van der Waals surface area (Å²) in [7, 11) is 0. The Balaban J connectivity index is 1.84. The number of nitrogens with one attached hydrogen (secondary N) is 2. The molecule has 0 aliphatic heterocycles. The van der Waals surface area contributed by atoms with Gasteiger partial charge >= 0.3 is 0 Å². The number of para-hydroxylation sites is 2. The Kier molecular flexibility index (Phi) is 4.66. The number of pyridine rings is 1. The van der Waals surface area contributed by atoms with Gasteiger partial charge in [-0.3, -0.25) is 9.59 Å². The summed E-state index contributed by atoms with van der Waals surface area (Å²) in [5.74, 6) is 0.685. The molecule has 0 atom stereocenters. The number of rotatable bonds is 4. The molecule has 25 heavy (non-hydrogen) atoms. The summed E-state index contributed by atoms with van der Waals surface area (Å²) in [6.07, 6.45) is 0. The standard InChI is InChI=1S/C20H18N2O3/c1-13-7-10-15(11-8-13)25-18-6-4-3-5-17(18)22-20(24)16-12-9-14(2)21-19(16)23/h3-12H,1-2H3,(H,21,23)(H,22,24). The third kappa shape index (κ3) is 3.95. The van der Waals surface area contributed by atoms with E-state index in [1.165, 1.54) is 6.07 Å². The zero-order valence-electron chi connectivity index (χ0n) is 14.0. The summed E-state index contributed by atoms with van der Waals surface area (Å²) in [6.45, 7) is 3.75. The lowest BCUT2D eigenvalue weighted by Crippen LogP contribution is -2.23. The number of H-pyrrole nitrogens is 1. The Hall–Kier alpha value is -3.34. The van der Waals surface area contributed by atoms with Crippen LogP contribution in [0.5, 0.6) is 11.5 Å². The van der Waals surface area contributed by atoms with E-state index in [2.05, 4.69) is 10.3 Å². The van der Waals surface area contributed by atoms with Crippen LogP contribution in [0.3, 0.4) is 0 Å². The molecule has 0 bridgehead atoms. The van der Waals surface area contributed by atoms with Gasteiger partial charge in [-0.05, 0) is 50.2 Å². The molecule has 0 unspecified atom stereocenters. The highest BCUT2D eigenvalue weighted by molar-refractivity contribution is 6.04. The van der Waals surface area contributed by atoms with E-state index in [1.54, 1.807) is 31.2 Å². The van der Waals surface area contributed by atoms with Crippen molar-refractivity contribution in [3.63, 3.8) is 0 Å². The predicted octanol–water partition coefficient (Wildman–Crippen LogP) is 4.04. The molecular formula is C20H18N2O3. The van der Waals surface area contributed by atoms with Crippen LogP contribution in [0.25, 0.3) is 0 Å². The molecule has 0 radical (unpaired) electrons. The van der Waals surface area contributed by atoms with Crippen molar-refractivity contribution in [1.29, 1.82) is 0 Å². The van der Waals surface area contributed by atoms with E-state index in [4.69, 9.17) is 4.74 Å². The van der Waals surface area contributed by atoms with Crippen LogP contribution in [0.4, 0.5) is 5.69 Å². The summed E-state index contributed by atoms with van der Waals surface area (Å²) in [5.41, 5.74) is 1.95. The van der Waals surface area contributed by atoms with Crippen LogP contribution in [0.1, 0.15) is 21.6 Å². The molecule has 1 amide bonds. The van der Waals surface area contributed by atoms with Crippen molar-refractivity contribution in [1.82, 2.24) is 4.98 Å². The number of aromatic amines is 1. The molecule has 0 aliphatic carbocycles. The van der Waals surface area contributed by atoms with Gasteiger partial charge in [0.1, 0.15) is 11.3 Å². The molecular weight excluding hydrogens is 316 g/mol. The number of anilines is 1. The Labute approximate surface area is 145 Å². The van der Waals surface area contributed by atoms with E-state index in [1.807, 2.05) is 37.3 Å². The van der Waals surface area contributed by atoms with Crippen LogP contribution in [0, 0.1) is 13.8 Å². The number of carbonyl (C=O) groups excluding carboxylic acids is 1. The predicted molar refractivity (Wildman–Crippen MR) is 97.4 cm³/mol. The summed E-state index contributed by atoms with van der Waals surface area (Å²) in [6, 6.07) is 17.9. The fourth-order valence-electron chi connectivity index (χ4n) is 2.33. The van der Waals surface area contributed by atoms with Crippen LogP contribution in [-0.2, 0) is 0 Å². The molecule has 3 rings (SSSR count). The zero-order valence-corrected chi connectivity index (χ0v) is 14.0. The number of hydrogen-bond acceptors (Lipinski definition) is 3. The minimum absolute atomic E-state index is 0.0516. The van der Waals surface area contributed by atoms with Gasteiger partial charge in [0, 0.05) is 5.69 Å². The maximum Gasteiger partial charge on any atom is 0.261 e. The monoisotopic (exact) mass is 334 g/mol. The first-order chi connectivity index (χ1) is 12.0. The third-order valence-electron chi connectivity index (χ3n) is 3.68. The number of ether oxygens (including phenoxy) is 1.